The highest BCUT2D eigenvalue weighted by Gasteiger charge is 2.19. The molecule has 0 fully saturated rings. The van der Waals surface area contributed by atoms with E-state index in [1.54, 1.807) is 0 Å². The minimum Gasteiger partial charge on any atom is -0.229 e. The molecule has 0 aliphatic rings. The molecule has 0 aromatic carbocycles. The number of hydrogen-bond acceptors (Lipinski definition) is 6. The van der Waals surface area contributed by atoms with E-state index in [1.807, 2.05) is 20.8 Å². The van der Waals surface area contributed by atoms with Gasteiger partial charge < -0.3 is 0 Å². The minimum absolute atomic E-state index is 0.0396. The van der Waals surface area contributed by atoms with Crippen LogP contribution < -0.4 is 5.14 Å². The smallest absolute Gasteiger partial charge is 0.209 e. The maximum Gasteiger partial charge on any atom is 0.209 e. The van der Waals surface area contributed by atoms with Crippen molar-refractivity contribution in [3.05, 3.63) is 5.82 Å². The SMILES string of the molecule is CC(C)(C)c1nsc(SCCS(N)(=O)=O)n1. The lowest BCUT2D eigenvalue weighted by molar-refractivity contribution is 0.551. The van der Waals surface area contributed by atoms with Crippen LogP contribution in [0.5, 0.6) is 0 Å². The molecule has 1 aromatic heterocycles. The van der Waals surface area contributed by atoms with E-state index in [9.17, 15) is 8.42 Å². The lowest BCUT2D eigenvalue weighted by Crippen LogP contribution is -2.17. The van der Waals surface area contributed by atoms with Crippen molar-refractivity contribution in [1.29, 1.82) is 0 Å². The van der Waals surface area contributed by atoms with Crippen molar-refractivity contribution in [2.45, 2.75) is 30.5 Å². The summed E-state index contributed by atoms with van der Waals surface area (Å²) in [4.78, 5) is 4.34. The van der Waals surface area contributed by atoms with Crippen molar-refractivity contribution in [3.8, 4) is 0 Å². The Morgan fingerprint density at radius 2 is 2.06 bits per heavy atom. The van der Waals surface area contributed by atoms with Gasteiger partial charge in [-0.1, -0.05) is 32.5 Å². The Labute approximate surface area is 104 Å². The van der Waals surface area contributed by atoms with Crippen molar-refractivity contribution < 1.29 is 8.42 Å². The fourth-order valence-corrected chi connectivity index (χ4v) is 3.59. The highest BCUT2D eigenvalue weighted by molar-refractivity contribution is 8.01. The molecule has 16 heavy (non-hydrogen) atoms. The van der Waals surface area contributed by atoms with Crippen molar-refractivity contribution in [1.82, 2.24) is 9.36 Å². The van der Waals surface area contributed by atoms with E-state index in [4.69, 9.17) is 5.14 Å². The molecular weight excluding hydrogens is 266 g/mol. The first-order valence-corrected chi connectivity index (χ1v) is 8.13. The zero-order valence-electron chi connectivity index (χ0n) is 9.43. The molecule has 1 rings (SSSR count). The van der Waals surface area contributed by atoms with E-state index in [0.29, 0.717) is 5.75 Å². The number of thioether (sulfide) groups is 1. The third kappa shape index (κ3) is 4.77. The van der Waals surface area contributed by atoms with Crippen molar-refractivity contribution in [3.63, 3.8) is 0 Å². The quantitative estimate of drug-likeness (QED) is 0.839. The van der Waals surface area contributed by atoms with Crippen LogP contribution in [0.1, 0.15) is 26.6 Å². The van der Waals surface area contributed by atoms with Gasteiger partial charge in [0.1, 0.15) is 5.82 Å². The Morgan fingerprint density at radius 3 is 2.50 bits per heavy atom. The molecule has 0 saturated heterocycles. The monoisotopic (exact) mass is 281 g/mol. The number of hydrogen-bond donors (Lipinski definition) is 1. The first-order chi connectivity index (χ1) is 7.18. The molecule has 0 unspecified atom stereocenters. The van der Waals surface area contributed by atoms with Crippen molar-refractivity contribution in [2.75, 3.05) is 11.5 Å². The van der Waals surface area contributed by atoms with Gasteiger partial charge in [-0.05, 0) is 11.5 Å². The first-order valence-electron chi connectivity index (χ1n) is 4.66. The molecule has 5 nitrogen and oxygen atoms in total. The lowest BCUT2D eigenvalue weighted by Gasteiger charge is -2.12. The van der Waals surface area contributed by atoms with Crippen LogP contribution in [0.2, 0.25) is 0 Å². The summed E-state index contributed by atoms with van der Waals surface area (Å²) in [6, 6.07) is 0. The van der Waals surface area contributed by atoms with E-state index in [0.717, 1.165) is 10.2 Å². The number of aromatic nitrogens is 2. The molecule has 0 saturated carbocycles. The highest BCUT2D eigenvalue weighted by atomic mass is 32.2. The topological polar surface area (TPSA) is 85.9 Å². The predicted octanol–water partition coefficient (Wildman–Crippen LogP) is 1.22. The summed E-state index contributed by atoms with van der Waals surface area (Å²) in [5.41, 5.74) is -0.0742. The van der Waals surface area contributed by atoms with Crippen LogP contribution in [0.15, 0.2) is 4.34 Å². The number of nitrogens with two attached hydrogens (primary N) is 1. The van der Waals surface area contributed by atoms with E-state index in [-0.39, 0.29) is 11.2 Å². The lowest BCUT2D eigenvalue weighted by atomic mass is 9.96. The van der Waals surface area contributed by atoms with Gasteiger partial charge in [0, 0.05) is 11.2 Å². The molecular formula is C8H15N3O2S3. The third-order valence-electron chi connectivity index (χ3n) is 1.67. The maximum atomic E-state index is 10.7. The van der Waals surface area contributed by atoms with Gasteiger partial charge in [-0.2, -0.15) is 4.37 Å². The molecule has 0 aliphatic heterocycles. The summed E-state index contributed by atoms with van der Waals surface area (Å²) in [5.74, 6) is 1.16. The van der Waals surface area contributed by atoms with Crippen LogP contribution in [0.4, 0.5) is 0 Å². The second-order valence-electron chi connectivity index (χ2n) is 4.35. The molecule has 0 spiro atoms. The largest absolute Gasteiger partial charge is 0.229 e. The Balaban J connectivity index is 2.54. The summed E-state index contributed by atoms with van der Waals surface area (Å²) in [6.07, 6.45) is 0. The fraction of sp³-hybridized carbons (Fsp3) is 0.750. The Bertz CT molecular complexity index is 447. The Morgan fingerprint density at radius 1 is 1.44 bits per heavy atom. The van der Waals surface area contributed by atoms with E-state index in [1.165, 1.54) is 23.3 Å². The maximum absolute atomic E-state index is 10.7. The van der Waals surface area contributed by atoms with Crippen LogP contribution >= 0.6 is 23.3 Å². The normalized spacial score (nSPS) is 13.0. The zero-order chi connectivity index (χ0) is 12.4. The van der Waals surface area contributed by atoms with Crippen molar-refractivity contribution in [2.24, 2.45) is 5.14 Å². The molecule has 0 aliphatic carbocycles. The molecule has 1 heterocycles. The van der Waals surface area contributed by atoms with Gasteiger partial charge in [0.2, 0.25) is 10.0 Å². The zero-order valence-corrected chi connectivity index (χ0v) is 11.9. The summed E-state index contributed by atoms with van der Waals surface area (Å²) in [5, 5.41) is 4.90. The van der Waals surface area contributed by atoms with Crippen LogP contribution in [0.3, 0.4) is 0 Å². The summed E-state index contributed by atoms with van der Waals surface area (Å²) >= 11 is 2.66. The average molecular weight is 281 g/mol. The summed E-state index contributed by atoms with van der Waals surface area (Å²) < 4.78 is 26.5. The van der Waals surface area contributed by atoms with Gasteiger partial charge in [-0.25, -0.2) is 18.5 Å². The number of nitrogens with zero attached hydrogens (tertiary/aromatic N) is 2. The van der Waals surface area contributed by atoms with Crippen LogP contribution in [0.25, 0.3) is 0 Å². The van der Waals surface area contributed by atoms with Gasteiger partial charge in [0.05, 0.1) is 5.75 Å². The van der Waals surface area contributed by atoms with E-state index in [2.05, 4.69) is 9.36 Å². The summed E-state index contributed by atoms with van der Waals surface area (Å²) in [6.45, 7) is 6.11. The van der Waals surface area contributed by atoms with Gasteiger partial charge in [0.15, 0.2) is 4.34 Å². The molecule has 0 bridgehead atoms. The van der Waals surface area contributed by atoms with E-state index < -0.39 is 10.0 Å². The Kier molecular flexibility index (Phi) is 4.33. The van der Waals surface area contributed by atoms with Crippen LogP contribution in [0, 0.1) is 0 Å². The highest BCUT2D eigenvalue weighted by Crippen LogP contribution is 2.26. The fourth-order valence-electron chi connectivity index (χ4n) is 0.818. The third-order valence-corrected chi connectivity index (χ3v) is 4.54. The number of rotatable bonds is 4. The van der Waals surface area contributed by atoms with Gasteiger partial charge in [0.25, 0.3) is 0 Å². The molecule has 0 amide bonds. The first kappa shape index (κ1) is 13.9. The van der Waals surface area contributed by atoms with Gasteiger partial charge >= 0.3 is 0 Å². The standard InChI is InChI=1S/C8H15N3O2S3/c1-8(2,3)6-10-7(15-11-6)14-4-5-16(9,12)13/h4-5H2,1-3H3,(H2,9,12,13). The molecule has 92 valence electrons. The van der Waals surface area contributed by atoms with E-state index >= 15 is 0 Å². The van der Waals surface area contributed by atoms with Gasteiger partial charge in [-0.15, -0.1) is 0 Å². The molecule has 8 heteroatoms. The van der Waals surface area contributed by atoms with Gasteiger partial charge in [-0.3, -0.25) is 0 Å². The molecule has 1 aromatic rings. The Hall–Kier alpha value is -0.180. The van der Waals surface area contributed by atoms with Crippen LogP contribution in [-0.4, -0.2) is 29.3 Å². The van der Waals surface area contributed by atoms with Crippen LogP contribution in [-0.2, 0) is 15.4 Å². The number of primary sulfonamides is 1. The molecule has 2 N–H and O–H groups in total. The molecule has 0 radical (unpaired) electrons. The molecule has 0 atom stereocenters. The predicted molar refractivity (Wildman–Crippen MR) is 67.3 cm³/mol. The minimum atomic E-state index is -3.38. The number of sulfonamides is 1. The van der Waals surface area contributed by atoms with Crippen molar-refractivity contribution >= 4 is 33.3 Å². The summed E-state index contributed by atoms with van der Waals surface area (Å²) in [7, 11) is -3.38. The second-order valence-corrected chi connectivity index (χ2v) is 8.18. The average Bonchev–Trinajstić information content (AvgIpc) is 2.49. The second kappa shape index (κ2) is 4.99.